The number of rotatable bonds is 5. The van der Waals surface area contributed by atoms with Crippen LogP contribution in [0.15, 0.2) is 53.4 Å². The van der Waals surface area contributed by atoms with Crippen molar-refractivity contribution in [3.05, 3.63) is 54.1 Å². The second kappa shape index (κ2) is 8.22. The summed E-state index contributed by atoms with van der Waals surface area (Å²) < 4.78 is 33.1. The molecule has 2 aromatic carbocycles. The van der Waals surface area contributed by atoms with Gasteiger partial charge in [-0.1, -0.05) is 26.0 Å². The number of ether oxygens (including phenoxy) is 1. The fourth-order valence-electron chi connectivity index (χ4n) is 3.72. The summed E-state index contributed by atoms with van der Waals surface area (Å²) >= 11 is 0. The number of likely N-dealkylation sites (tertiary alicyclic amines) is 1. The molecule has 0 spiro atoms. The number of hydrogen-bond acceptors (Lipinski definition) is 4. The van der Waals surface area contributed by atoms with Crippen molar-refractivity contribution in [2.75, 3.05) is 24.9 Å². The topological polar surface area (TPSA) is 75.7 Å². The van der Waals surface area contributed by atoms with Crippen molar-refractivity contribution in [2.24, 2.45) is 11.8 Å². The minimum absolute atomic E-state index is 0.0555. The third kappa shape index (κ3) is 4.47. The van der Waals surface area contributed by atoms with E-state index in [2.05, 4.69) is 18.6 Å². The predicted molar refractivity (Wildman–Crippen MR) is 109 cm³/mol. The van der Waals surface area contributed by atoms with E-state index in [4.69, 9.17) is 4.74 Å². The Kier molecular flexibility index (Phi) is 5.93. The van der Waals surface area contributed by atoms with Gasteiger partial charge in [0.2, 0.25) is 0 Å². The van der Waals surface area contributed by atoms with E-state index in [-0.39, 0.29) is 10.8 Å². The highest BCUT2D eigenvalue weighted by atomic mass is 32.2. The summed E-state index contributed by atoms with van der Waals surface area (Å²) in [6.07, 6.45) is 1.12. The Labute approximate surface area is 166 Å². The number of hydrogen-bond donors (Lipinski definition) is 1. The Morgan fingerprint density at radius 2 is 1.64 bits per heavy atom. The van der Waals surface area contributed by atoms with Crippen LogP contribution in [-0.2, 0) is 10.0 Å². The van der Waals surface area contributed by atoms with E-state index in [1.165, 1.54) is 19.2 Å². The summed E-state index contributed by atoms with van der Waals surface area (Å²) in [5.74, 6) is 1.32. The molecule has 1 aliphatic heterocycles. The number of methoxy groups -OCH3 is 1. The lowest BCUT2D eigenvalue weighted by Crippen LogP contribution is -2.42. The van der Waals surface area contributed by atoms with Gasteiger partial charge in [-0.3, -0.25) is 9.52 Å². The number of para-hydroxylation sites is 2. The number of amides is 1. The molecule has 28 heavy (non-hydrogen) atoms. The summed E-state index contributed by atoms with van der Waals surface area (Å²) in [4.78, 5) is 14.7. The minimum atomic E-state index is -3.79. The van der Waals surface area contributed by atoms with Gasteiger partial charge >= 0.3 is 0 Å². The molecule has 0 bridgehead atoms. The van der Waals surface area contributed by atoms with E-state index >= 15 is 0 Å². The maximum atomic E-state index is 12.8. The van der Waals surface area contributed by atoms with Gasteiger partial charge in [-0.2, -0.15) is 0 Å². The standard InChI is InChI=1S/C21H26N2O4S/c1-15-12-16(2)14-23(13-15)21(24)17-8-10-18(11-9-17)28(25,26)22-19-6-4-5-7-20(19)27-3/h4-11,15-16,22H,12-14H2,1-3H3. The number of piperidine rings is 1. The Morgan fingerprint density at radius 1 is 1.04 bits per heavy atom. The first-order chi connectivity index (χ1) is 13.3. The van der Waals surface area contributed by atoms with Crippen molar-refractivity contribution in [1.29, 1.82) is 0 Å². The first-order valence-corrected chi connectivity index (χ1v) is 10.8. The molecule has 2 aromatic rings. The molecule has 0 radical (unpaired) electrons. The average molecular weight is 403 g/mol. The van der Waals surface area contributed by atoms with Gasteiger partial charge in [0.05, 0.1) is 17.7 Å². The lowest BCUT2D eigenvalue weighted by molar-refractivity contribution is 0.0623. The molecule has 1 amide bonds. The van der Waals surface area contributed by atoms with Gasteiger partial charge < -0.3 is 9.64 Å². The van der Waals surface area contributed by atoms with Gasteiger partial charge in [-0.25, -0.2) is 8.42 Å². The van der Waals surface area contributed by atoms with Gasteiger partial charge in [-0.15, -0.1) is 0 Å². The molecule has 3 rings (SSSR count). The fourth-order valence-corrected chi connectivity index (χ4v) is 4.79. The second-order valence-corrected chi connectivity index (χ2v) is 9.17. The van der Waals surface area contributed by atoms with Gasteiger partial charge in [0.1, 0.15) is 5.75 Å². The lowest BCUT2D eigenvalue weighted by Gasteiger charge is -2.35. The molecule has 1 saturated heterocycles. The van der Waals surface area contributed by atoms with Crippen molar-refractivity contribution < 1.29 is 17.9 Å². The Bertz CT molecular complexity index is 931. The van der Waals surface area contributed by atoms with Gasteiger partial charge in [-0.05, 0) is 54.7 Å². The molecule has 0 saturated carbocycles. The van der Waals surface area contributed by atoms with E-state index in [9.17, 15) is 13.2 Å². The number of anilines is 1. The van der Waals surface area contributed by atoms with E-state index in [1.54, 1.807) is 36.4 Å². The van der Waals surface area contributed by atoms with Crippen LogP contribution >= 0.6 is 0 Å². The molecule has 6 nitrogen and oxygen atoms in total. The van der Waals surface area contributed by atoms with Crippen LogP contribution in [0.25, 0.3) is 0 Å². The van der Waals surface area contributed by atoms with Gasteiger partial charge in [0, 0.05) is 18.7 Å². The first-order valence-electron chi connectivity index (χ1n) is 9.35. The highest BCUT2D eigenvalue weighted by molar-refractivity contribution is 7.92. The SMILES string of the molecule is COc1ccccc1NS(=O)(=O)c1ccc(C(=O)N2CC(C)CC(C)C2)cc1. The highest BCUT2D eigenvalue weighted by Gasteiger charge is 2.26. The van der Waals surface area contributed by atoms with Crippen LogP contribution in [0.1, 0.15) is 30.6 Å². The summed E-state index contributed by atoms with van der Waals surface area (Å²) in [7, 11) is -2.30. The zero-order valence-electron chi connectivity index (χ0n) is 16.4. The molecular weight excluding hydrogens is 376 g/mol. The molecule has 0 aliphatic carbocycles. The quantitative estimate of drug-likeness (QED) is 0.829. The monoisotopic (exact) mass is 402 g/mol. The number of nitrogens with zero attached hydrogens (tertiary/aromatic N) is 1. The number of nitrogens with one attached hydrogen (secondary N) is 1. The maximum absolute atomic E-state index is 12.8. The van der Waals surface area contributed by atoms with Crippen LogP contribution < -0.4 is 9.46 Å². The molecule has 1 N–H and O–H groups in total. The first kappa shape index (κ1) is 20.2. The van der Waals surface area contributed by atoms with Gasteiger partial charge in [0.15, 0.2) is 0 Å². The third-order valence-corrected chi connectivity index (χ3v) is 6.30. The van der Waals surface area contributed by atoms with E-state index in [0.717, 1.165) is 19.5 Å². The van der Waals surface area contributed by atoms with Crippen LogP contribution in [0.3, 0.4) is 0 Å². The summed E-state index contributed by atoms with van der Waals surface area (Å²) in [5.41, 5.74) is 0.860. The summed E-state index contributed by atoms with van der Waals surface area (Å²) in [5, 5.41) is 0. The van der Waals surface area contributed by atoms with Crippen molar-refractivity contribution in [2.45, 2.75) is 25.2 Å². The number of carbonyl (C=O) groups excluding carboxylic acids is 1. The number of carbonyl (C=O) groups is 1. The third-order valence-electron chi connectivity index (χ3n) is 4.92. The molecule has 2 unspecified atom stereocenters. The van der Waals surface area contributed by atoms with Crippen molar-refractivity contribution in [3.8, 4) is 5.75 Å². The van der Waals surface area contributed by atoms with Crippen molar-refractivity contribution >= 4 is 21.6 Å². The second-order valence-electron chi connectivity index (χ2n) is 7.49. The van der Waals surface area contributed by atoms with Crippen molar-refractivity contribution in [3.63, 3.8) is 0 Å². The number of benzene rings is 2. The van der Waals surface area contributed by atoms with E-state index in [0.29, 0.717) is 28.8 Å². The lowest BCUT2D eigenvalue weighted by atomic mass is 9.91. The van der Waals surface area contributed by atoms with Gasteiger partial charge in [0.25, 0.3) is 15.9 Å². The molecule has 150 valence electrons. The number of sulfonamides is 1. The van der Waals surface area contributed by atoms with Crippen LogP contribution in [0.5, 0.6) is 5.75 Å². The molecular formula is C21H26N2O4S. The average Bonchev–Trinajstić information content (AvgIpc) is 2.67. The van der Waals surface area contributed by atoms with Crippen LogP contribution in [0.4, 0.5) is 5.69 Å². The maximum Gasteiger partial charge on any atom is 0.262 e. The highest BCUT2D eigenvalue weighted by Crippen LogP contribution is 2.27. The van der Waals surface area contributed by atoms with E-state index in [1.807, 2.05) is 4.90 Å². The molecule has 0 aromatic heterocycles. The largest absolute Gasteiger partial charge is 0.495 e. The normalized spacial score (nSPS) is 19.9. The molecule has 1 aliphatic rings. The molecule has 2 atom stereocenters. The molecule has 7 heteroatoms. The molecule has 1 heterocycles. The zero-order valence-corrected chi connectivity index (χ0v) is 17.2. The molecule has 1 fully saturated rings. The van der Waals surface area contributed by atoms with Crippen molar-refractivity contribution in [1.82, 2.24) is 4.90 Å². The zero-order chi connectivity index (χ0) is 20.3. The Hall–Kier alpha value is -2.54. The Morgan fingerprint density at radius 3 is 2.25 bits per heavy atom. The summed E-state index contributed by atoms with van der Waals surface area (Å²) in [6, 6.07) is 12.9. The predicted octanol–water partition coefficient (Wildman–Crippen LogP) is 3.61. The van der Waals surface area contributed by atoms with Crippen LogP contribution in [0, 0.1) is 11.8 Å². The smallest absolute Gasteiger partial charge is 0.262 e. The van der Waals surface area contributed by atoms with Crippen LogP contribution in [-0.4, -0.2) is 39.4 Å². The van der Waals surface area contributed by atoms with Crippen LogP contribution in [0.2, 0.25) is 0 Å². The Balaban J connectivity index is 1.77. The minimum Gasteiger partial charge on any atom is -0.495 e. The fraction of sp³-hybridized carbons (Fsp3) is 0.381. The van der Waals surface area contributed by atoms with E-state index < -0.39 is 10.0 Å². The summed E-state index contributed by atoms with van der Waals surface area (Å²) in [6.45, 7) is 5.77.